The highest BCUT2D eigenvalue weighted by Crippen LogP contribution is 2.30. The van der Waals surface area contributed by atoms with Crippen molar-refractivity contribution < 1.29 is 22.8 Å². The van der Waals surface area contributed by atoms with E-state index < -0.39 is 12.1 Å². The van der Waals surface area contributed by atoms with Crippen molar-refractivity contribution >= 4 is 28.4 Å². The molecule has 1 N–H and O–H groups in total. The zero-order valence-electron chi connectivity index (χ0n) is 16.1. The van der Waals surface area contributed by atoms with Crippen molar-refractivity contribution in [1.82, 2.24) is 9.47 Å². The van der Waals surface area contributed by atoms with Crippen LogP contribution >= 0.6 is 0 Å². The Balaban J connectivity index is 1.63. The van der Waals surface area contributed by atoms with Crippen LogP contribution in [-0.4, -0.2) is 40.5 Å². The van der Waals surface area contributed by atoms with E-state index in [0.29, 0.717) is 12.1 Å². The van der Waals surface area contributed by atoms with Crippen molar-refractivity contribution in [2.75, 3.05) is 18.4 Å². The molecule has 1 aromatic heterocycles. The summed E-state index contributed by atoms with van der Waals surface area (Å²) in [5.41, 5.74) is 3.24. The Hall–Kier alpha value is -3.29. The fraction of sp³-hybridized carbons (Fsp3) is 0.273. The van der Waals surface area contributed by atoms with E-state index in [4.69, 9.17) is 0 Å². The molecule has 1 aliphatic heterocycles. The molecule has 2 aromatic carbocycles. The van der Waals surface area contributed by atoms with Gasteiger partial charge in [-0.2, -0.15) is 13.2 Å². The standard InChI is InChI=1S/C22H20F3N3O2/c23-22(24,25)21(30)27-12-10-17-16-8-4-5-9-18(16)28(19(17)11-13-27)14-20(29)26-15-6-2-1-3-7-15/h1-9H,10-14H2,(H,26,29). The molecule has 8 heteroatoms. The Bertz CT molecular complexity index is 1090. The number of alkyl halides is 3. The Morgan fingerprint density at radius 1 is 0.933 bits per heavy atom. The Labute approximate surface area is 171 Å². The van der Waals surface area contributed by atoms with Crippen LogP contribution in [-0.2, 0) is 29.0 Å². The fourth-order valence-electron chi connectivity index (χ4n) is 4.02. The van der Waals surface area contributed by atoms with Crippen LogP contribution in [0.25, 0.3) is 10.9 Å². The molecule has 2 amide bonds. The quantitative estimate of drug-likeness (QED) is 0.708. The molecular formula is C22H20F3N3O2. The average Bonchev–Trinajstić information content (AvgIpc) is 2.86. The van der Waals surface area contributed by atoms with Gasteiger partial charge < -0.3 is 14.8 Å². The van der Waals surface area contributed by atoms with Gasteiger partial charge in [-0.25, -0.2) is 0 Å². The van der Waals surface area contributed by atoms with Gasteiger partial charge in [0.2, 0.25) is 5.91 Å². The average molecular weight is 415 g/mol. The number of rotatable bonds is 3. The van der Waals surface area contributed by atoms with Gasteiger partial charge in [0.25, 0.3) is 0 Å². The van der Waals surface area contributed by atoms with E-state index in [1.54, 1.807) is 12.1 Å². The number of para-hydroxylation sites is 2. The van der Waals surface area contributed by atoms with E-state index >= 15 is 0 Å². The minimum absolute atomic E-state index is 0.00440. The van der Waals surface area contributed by atoms with E-state index in [1.165, 1.54) is 0 Å². The number of hydrogen-bond donors (Lipinski definition) is 1. The third kappa shape index (κ3) is 3.90. The first-order valence-electron chi connectivity index (χ1n) is 9.64. The number of aromatic nitrogens is 1. The van der Waals surface area contributed by atoms with Crippen LogP contribution < -0.4 is 5.32 Å². The molecular weight excluding hydrogens is 395 g/mol. The molecule has 0 aliphatic carbocycles. The highest BCUT2D eigenvalue weighted by atomic mass is 19.4. The molecule has 0 saturated carbocycles. The van der Waals surface area contributed by atoms with Crippen LogP contribution in [0.3, 0.4) is 0 Å². The van der Waals surface area contributed by atoms with Crippen LogP contribution in [0.1, 0.15) is 11.3 Å². The van der Waals surface area contributed by atoms with Crippen LogP contribution in [0, 0.1) is 0 Å². The number of carbonyl (C=O) groups excluding carboxylic acids is 2. The van der Waals surface area contributed by atoms with Crippen molar-refractivity contribution in [3.63, 3.8) is 0 Å². The summed E-state index contributed by atoms with van der Waals surface area (Å²) in [4.78, 5) is 25.2. The molecule has 3 aromatic rings. The third-order valence-corrected chi connectivity index (χ3v) is 5.33. The second kappa shape index (κ2) is 7.85. The van der Waals surface area contributed by atoms with Gasteiger partial charge in [-0.1, -0.05) is 36.4 Å². The van der Waals surface area contributed by atoms with Gasteiger partial charge >= 0.3 is 12.1 Å². The summed E-state index contributed by atoms with van der Waals surface area (Å²) in [6, 6.07) is 16.6. The molecule has 0 radical (unpaired) electrons. The van der Waals surface area contributed by atoms with Crippen molar-refractivity contribution in [1.29, 1.82) is 0 Å². The van der Waals surface area contributed by atoms with Gasteiger partial charge in [0, 0.05) is 41.8 Å². The summed E-state index contributed by atoms with van der Waals surface area (Å²) < 4.78 is 40.5. The maximum Gasteiger partial charge on any atom is 0.471 e. The van der Waals surface area contributed by atoms with Gasteiger partial charge in [-0.3, -0.25) is 9.59 Å². The van der Waals surface area contributed by atoms with Crippen LogP contribution in [0.4, 0.5) is 18.9 Å². The number of hydrogen-bond acceptors (Lipinski definition) is 2. The summed E-state index contributed by atoms with van der Waals surface area (Å²) in [6.07, 6.45) is -4.32. The lowest BCUT2D eigenvalue weighted by molar-refractivity contribution is -0.185. The number of nitrogens with zero attached hydrogens (tertiary/aromatic N) is 2. The summed E-state index contributed by atoms with van der Waals surface area (Å²) in [5.74, 6) is -2.04. The molecule has 0 spiro atoms. The maximum atomic E-state index is 12.9. The highest BCUT2D eigenvalue weighted by molar-refractivity contribution is 5.93. The predicted octanol–water partition coefficient (Wildman–Crippen LogP) is 3.77. The molecule has 4 rings (SSSR count). The molecule has 0 fully saturated rings. The number of amides is 2. The minimum atomic E-state index is -4.89. The second-order valence-corrected chi connectivity index (χ2v) is 7.23. The number of anilines is 1. The van der Waals surface area contributed by atoms with Gasteiger partial charge in [0.1, 0.15) is 6.54 Å². The van der Waals surface area contributed by atoms with E-state index in [-0.39, 0.29) is 32.0 Å². The van der Waals surface area contributed by atoms with Crippen molar-refractivity contribution in [3.05, 3.63) is 65.9 Å². The SMILES string of the molecule is O=C(Cn1c2c(c3ccccc31)CCN(C(=O)C(F)(F)F)CC2)Nc1ccccc1. The first-order valence-corrected chi connectivity index (χ1v) is 9.64. The van der Waals surface area contributed by atoms with E-state index in [2.05, 4.69) is 5.32 Å². The lowest BCUT2D eigenvalue weighted by Crippen LogP contribution is -2.42. The summed E-state index contributed by atoms with van der Waals surface area (Å²) in [5, 5.41) is 3.75. The molecule has 2 heterocycles. The van der Waals surface area contributed by atoms with Crippen molar-refractivity contribution in [2.24, 2.45) is 0 Å². The summed E-state index contributed by atoms with van der Waals surface area (Å²) >= 11 is 0. The van der Waals surface area contributed by atoms with E-state index in [9.17, 15) is 22.8 Å². The van der Waals surface area contributed by atoms with Crippen molar-refractivity contribution in [3.8, 4) is 0 Å². The molecule has 0 saturated heterocycles. The Morgan fingerprint density at radius 3 is 2.33 bits per heavy atom. The monoisotopic (exact) mass is 415 g/mol. The lowest BCUT2D eigenvalue weighted by atomic mass is 10.1. The number of benzene rings is 2. The van der Waals surface area contributed by atoms with Crippen molar-refractivity contribution in [2.45, 2.75) is 25.6 Å². The largest absolute Gasteiger partial charge is 0.471 e. The summed E-state index contributed by atoms with van der Waals surface area (Å²) in [7, 11) is 0. The number of nitrogens with one attached hydrogen (secondary N) is 1. The van der Waals surface area contributed by atoms with Gasteiger partial charge in [-0.15, -0.1) is 0 Å². The molecule has 1 aliphatic rings. The fourth-order valence-corrected chi connectivity index (χ4v) is 4.02. The Kier molecular flexibility index (Phi) is 5.24. The van der Waals surface area contributed by atoms with Crippen LogP contribution in [0.2, 0.25) is 0 Å². The first-order chi connectivity index (χ1) is 14.3. The normalized spacial score (nSPS) is 14.3. The molecule has 0 atom stereocenters. The highest BCUT2D eigenvalue weighted by Gasteiger charge is 2.42. The van der Waals surface area contributed by atoms with Gasteiger partial charge in [0.05, 0.1) is 0 Å². The van der Waals surface area contributed by atoms with E-state index in [1.807, 2.05) is 47.0 Å². The molecule has 30 heavy (non-hydrogen) atoms. The predicted molar refractivity (Wildman–Crippen MR) is 107 cm³/mol. The first kappa shape index (κ1) is 20.0. The zero-order chi connectivity index (χ0) is 21.3. The van der Waals surface area contributed by atoms with Crippen LogP contribution in [0.5, 0.6) is 0 Å². The van der Waals surface area contributed by atoms with Gasteiger partial charge in [-0.05, 0) is 30.2 Å². The molecule has 0 bridgehead atoms. The third-order valence-electron chi connectivity index (χ3n) is 5.33. The molecule has 156 valence electrons. The number of carbonyl (C=O) groups is 2. The lowest BCUT2D eigenvalue weighted by Gasteiger charge is -2.21. The molecule has 0 unspecified atom stereocenters. The molecule has 5 nitrogen and oxygen atoms in total. The van der Waals surface area contributed by atoms with E-state index in [0.717, 1.165) is 27.1 Å². The smallest absolute Gasteiger partial charge is 0.335 e. The topological polar surface area (TPSA) is 54.3 Å². The van der Waals surface area contributed by atoms with Gasteiger partial charge in [0.15, 0.2) is 0 Å². The Morgan fingerprint density at radius 2 is 1.60 bits per heavy atom. The summed E-state index contributed by atoms with van der Waals surface area (Å²) in [6.45, 7) is -0.00447. The second-order valence-electron chi connectivity index (χ2n) is 7.23. The zero-order valence-corrected chi connectivity index (χ0v) is 16.1. The number of fused-ring (bicyclic) bond motifs is 3. The maximum absolute atomic E-state index is 12.9. The van der Waals surface area contributed by atoms with Crippen LogP contribution in [0.15, 0.2) is 54.6 Å². The number of halogens is 3. The minimum Gasteiger partial charge on any atom is -0.335 e.